The highest BCUT2D eigenvalue weighted by Gasteiger charge is 2.40. The first-order valence-corrected chi connectivity index (χ1v) is 15.0. The molecule has 222 valence electrons. The monoisotopic (exact) mass is 596 g/mol. The van der Waals surface area contributed by atoms with Crippen LogP contribution in [0, 0.1) is 19.8 Å². The third-order valence-corrected chi connectivity index (χ3v) is 9.28. The number of nitrogens with zero attached hydrogens (tertiary/aromatic N) is 1. The van der Waals surface area contributed by atoms with E-state index in [9.17, 15) is 0 Å². The van der Waals surface area contributed by atoms with E-state index in [2.05, 4.69) is 91.7 Å². The molecular formula is C35H46Cl2N2O2. The molecule has 0 spiro atoms. The molecule has 0 saturated carbocycles. The van der Waals surface area contributed by atoms with Gasteiger partial charge in [-0.2, -0.15) is 0 Å². The van der Waals surface area contributed by atoms with Crippen LogP contribution in [0.5, 0.6) is 5.75 Å². The van der Waals surface area contributed by atoms with Crippen LogP contribution in [0.1, 0.15) is 72.1 Å². The van der Waals surface area contributed by atoms with Crippen LogP contribution in [-0.4, -0.2) is 43.3 Å². The van der Waals surface area contributed by atoms with Crippen LogP contribution in [0.4, 0.5) is 5.69 Å². The molecule has 0 bridgehead atoms. The van der Waals surface area contributed by atoms with Gasteiger partial charge in [0.1, 0.15) is 17.5 Å². The van der Waals surface area contributed by atoms with Crippen LogP contribution in [-0.2, 0) is 17.6 Å². The fourth-order valence-corrected chi connectivity index (χ4v) is 7.18. The lowest BCUT2D eigenvalue weighted by Crippen LogP contribution is -2.47. The largest absolute Gasteiger partial charge is 0.485 e. The summed E-state index contributed by atoms with van der Waals surface area (Å²) in [5, 5.41) is 3.62. The van der Waals surface area contributed by atoms with E-state index in [-0.39, 0.29) is 36.5 Å². The average Bonchev–Trinajstić information content (AvgIpc) is 3.59. The number of anilines is 1. The molecule has 1 saturated heterocycles. The van der Waals surface area contributed by atoms with Gasteiger partial charge in [0.05, 0.1) is 0 Å². The number of fused-ring (bicyclic) bond motifs is 2. The van der Waals surface area contributed by atoms with Gasteiger partial charge in [-0.3, -0.25) is 4.90 Å². The Hall–Kier alpha value is -2.24. The van der Waals surface area contributed by atoms with Gasteiger partial charge in [0, 0.05) is 37.4 Å². The van der Waals surface area contributed by atoms with Gasteiger partial charge in [-0.25, -0.2) is 0 Å². The number of hydrogen-bond acceptors (Lipinski definition) is 4. The van der Waals surface area contributed by atoms with Crippen LogP contribution >= 0.6 is 24.8 Å². The Kier molecular flexibility index (Phi) is 10.7. The minimum Gasteiger partial charge on any atom is -0.485 e. The first-order chi connectivity index (χ1) is 19.0. The lowest BCUT2D eigenvalue weighted by molar-refractivity contribution is 0.0431. The fraction of sp³-hybridized carbons (Fsp3) is 0.486. The summed E-state index contributed by atoms with van der Waals surface area (Å²) in [6.45, 7) is 12.1. The summed E-state index contributed by atoms with van der Waals surface area (Å²) in [6.07, 6.45) is 7.07. The van der Waals surface area contributed by atoms with Gasteiger partial charge < -0.3 is 14.8 Å². The normalized spacial score (nSPS) is 20.0. The molecule has 3 aliphatic heterocycles. The topological polar surface area (TPSA) is 33.7 Å². The fourth-order valence-electron chi connectivity index (χ4n) is 7.18. The van der Waals surface area contributed by atoms with Gasteiger partial charge in [0.2, 0.25) is 0 Å². The Labute approximate surface area is 259 Å². The molecule has 4 nitrogen and oxygen atoms in total. The van der Waals surface area contributed by atoms with Crippen molar-refractivity contribution in [3.8, 4) is 5.75 Å². The summed E-state index contributed by atoms with van der Waals surface area (Å²) in [6, 6.07) is 21.2. The second-order valence-corrected chi connectivity index (χ2v) is 12.3. The number of piperidine rings is 1. The zero-order chi connectivity index (χ0) is 26.8. The lowest BCUT2D eigenvalue weighted by Gasteiger charge is -2.37. The van der Waals surface area contributed by atoms with E-state index in [1.165, 1.54) is 77.2 Å². The van der Waals surface area contributed by atoms with Crippen molar-refractivity contribution in [3.05, 3.63) is 94.0 Å². The van der Waals surface area contributed by atoms with Crippen LogP contribution in [0.25, 0.3) is 0 Å². The lowest BCUT2D eigenvalue weighted by atomic mass is 9.89. The van der Waals surface area contributed by atoms with E-state index in [1.807, 2.05) is 0 Å². The third kappa shape index (κ3) is 6.88. The minimum absolute atomic E-state index is 0. The summed E-state index contributed by atoms with van der Waals surface area (Å²) in [4.78, 5) is 2.65. The molecule has 3 heterocycles. The van der Waals surface area contributed by atoms with E-state index in [0.717, 1.165) is 44.9 Å². The minimum atomic E-state index is -0.127. The molecule has 3 aromatic rings. The van der Waals surface area contributed by atoms with Gasteiger partial charge in [-0.05, 0) is 99.7 Å². The van der Waals surface area contributed by atoms with E-state index in [0.29, 0.717) is 0 Å². The molecule has 1 atom stereocenters. The van der Waals surface area contributed by atoms with Gasteiger partial charge >= 0.3 is 0 Å². The maximum absolute atomic E-state index is 6.75. The van der Waals surface area contributed by atoms with Gasteiger partial charge in [0.25, 0.3) is 0 Å². The second-order valence-electron chi connectivity index (χ2n) is 12.3. The molecule has 6 rings (SSSR count). The summed E-state index contributed by atoms with van der Waals surface area (Å²) < 4.78 is 13.2. The number of likely N-dealkylation sites (tertiary alicyclic amines) is 1. The zero-order valence-corrected chi connectivity index (χ0v) is 26.4. The standard InChI is InChI=1S/C35H44N2O2.2ClH/c1-25-31-23-35(3,39-33(31)26(2)30-16-19-36-32(25)30)24-37-20-17-27(18-21-37)11-10-22-38-34(28-12-6-4-7-13-28)29-14-8-5-9-15-29;;/h4-9,12-15,27,34,36H,10-11,16-24H2,1-3H3;2*1H. The van der Waals surface area contributed by atoms with Crippen molar-refractivity contribution < 1.29 is 9.47 Å². The Morgan fingerprint density at radius 1 is 0.927 bits per heavy atom. The number of ether oxygens (including phenoxy) is 2. The number of benzene rings is 3. The maximum atomic E-state index is 6.75. The Bertz CT molecular complexity index is 1200. The molecule has 1 N–H and O–H groups in total. The van der Waals surface area contributed by atoms with Gasteiger partial charge in [0.15, 0.2) is 0 Å². The van der Waals surface area contributed by atoms with Gasteiger partial charge in [-0.15, -0.1) is 24.8 Å². The van der Waals surface area contributed by atoms with Crippen molar-refractivity contribution in [2.45, 2.75) is 71.0 Å². The Morgan fingerprint density at radius 2 is 1.56 bits per heavy atom. The molecular weight excluding hydrogens is 551 g/mol. The molecule has 41 heavy (non-hydrogen) atoms. The summed E-state index contributed by atoms with van der Waals surface area (Å²) in [7, 11) is 0. The maximum Gasteiger partial charge on any atom is 0.127 e. The summed E-state index contributed by atoms with van der Waals surface area (Å²) >= 11 is 0. The van der Waals surface area contributed by atoms with Crippen molar-refractivity contribution in [1.82, 2.24) is 4.90 Å². The summed E-state index contributed by atoms with van der Waals surface area (Å²) in [5.41, 5.74) is 9.39. The van der Waals surface area contributed by atoms with E-state index < -0.39 is 0 Å². The molecule has 1 unspecified atom stereocenters. The van der Waals surface area contributed by atoms with Crippen LogP contribution in [0.15, 0.2) is 60.7 Å². The van der Waals surface area contributed by atoms with Crippen molar-refractivity contribution >= 4 is 30.5 Å². The Balaban J connectivity index is 0.00000194. The van der Waals surface area contributed by atoms with E-state index in [4.69, 9.17) is 9.47 Å². The molecule has 0 aromatic heterocycles. The molecule has 3 aliphatic rings. The highest BCUT2D eigenvalue weighted by molar-refractivity contribution is 5.85. The molecule has 0 amide bonds. The predicted molar refractivity (Wildman–Crippen MR) is 174 cm³/mol. The van der Waals surface area contributed by atoms with E-state index >= 15 is 0 Å². The number of rotatable bonds is 9. The highest BCUT2D eigenvalue weighted by Crippen LogP contribution is 2.46. The van der Waals surface area contributed by atoms with Crippen molar-refractivity contribution in [2.24, 2.45) is 5.92 Å². The first kappa shape index (κ1) is 31.7. The molecule has 0 aliphatic carbocycles. The first-order valence-electron chi connectivity index (χ1n) is 15.0. The zero-order valence-electron chi connectivity index (χ0n) is 24.8. The third-order valence-electron chi connectivity index (χ3n) is 9.28. The quantitative estimate of drug-likeness (QED) is 0.253. The van der Waals surface area contributed by atoms with Gasteiger partial charge in [-0.1, -0.05) is 60.7 Å². The SMILES string of the molecule is Cc1c2c(c(C)c3c1NCC3)OC(C)(CN1CCC(CCCOC(c3ccccc3)c3ccccc3)CC1)C2.Cl.Cl. The van der Waals surface area contributed by atoms with Crippen LogP contribution < -0.4 is 10.1 Å². The Morgan fingerprint density at radius 3 is 2.20 bits per heavy atom. The number of hydrogen-bond donors (Lipinski definition) is 1. The highest BCUT2D eigenvalue weighted by atomic mass is 35.5. The average molecular weight is 598 g/mol. The number of nitrogens with one attached hydrogen (secondary N) is 1. The molecule has 0 radical (unpaired) electrons. The van der Waals surface area contributed by atoms with Crippen molar-refractivity contribution in [1.29, 1.82) is 0 Å². The smallest absolute Gasteiger partial charge is 0.127 e. The summed E-state index contributed by atoms with van der Waals surface area (Å²) in [5.74, 6) is 1.97. The molecule has 1 fully saturated rings. The molecule has 6 heteroatoms. The van der Waals surface area contributed by atoms with Crippen LogP contribution in [0.2, 0.25) is 0 Å². The predicted octanol–water partition coefficient (Wildman–Crippen LogP) is 8.11. The second kappa shape index (κ2) is 13.8. The molecule has 3 aromatic carbocycles. The van der Waals surface area contributed by atoms with Crippen molar-refractivity contribution in [3.63, 3.8) is 0 Å². The number of halogens is 2. The van der Waals surface area contributed by atoms with E-state index in [1.54, 1.807) is 0 Å². The van der Waals surface area contributed by atoms with Crippen molar-refractivity contribution in [2.75, 3.05) is 38.1 Å². The van der Waals surface area contributed by atoms with Crippen LogP contribution in [0.3, 0.4) is 0 Å².